The lowest BCUT2D eigenvalue weighted by atomic mass is 10.2. The number of nitrogens with zero attached hydrogens (tertiary/aromatic N) is 5. The lowest BCUT2D eigenvalue weighted by molar-refractivity contribution is 0.0104. The number of rotatable bonds is 3. The molecule has 112 valence electrons. The Hall–Kier alpha value is -2.58. The average molecular weight is 296 g/mol. The predicted molar refractivity (Wildman–Crippen MR) is 70.3 cm³/mol. The first-order valence-electron chi connectivity index (χ1n) is 6.05. The first-order chi connectivity index (χ1) is 9.82. The van der Waals surface area contributed by atoms with E-state index in [9.17, 15) is 13.6 Å². The number of hydrogen-bond donors (Lipinski definition) is 1. The van der Waals surface area contributed by atoms with Gasteiger partial charge in [0.1, 0.15) is 0 Å². The Morgan fingerprint density at radius 1 is 1.43 bits per heavy atom. The molecule has 9 heteroatoms. The molecule has 2 aromatic heterocycles. The summed E-state index contributed by atoms with van der Waals surface area (Å²) in [6.07, 6.45) is 3.19. The van der Waals surface area contributed by atoms with Gasteiger partial charge in [0.15, 0.2) is 5.49 Å². The summed E-state index contributed by atoms with van der Waals surface area (Å²) >= 11 is 0. The van der Waals surface area contributed by atoms with E-state index in [2.05, 4.69) is 20.7 Å². The van der Waals surface area contributed by atoms with Gasteiger partial charge in [0, 0.05) is 32.8 Å². The highest BCUT2D eigenvalue weighted by Crippen LogP contribution is 2.16. The maximum Gasteiger partial charge on any atom is 0.324 e. The highest BCUT2D eigenvalue weighted by molar-refractivity contribution is 5.84. The van der Waals surface area contributed by atoms with Crippen molar-refractivity contribution in [2.24, 2.45) is 12.1 Å². The fourth-order valence-electron chi connectivity index (χ4n) is 1.66. The van der Waals surface area contributed by atoms with Gasteiger partial charge in [-0.25, -0.2) is 0 Å². The molecular weight excluding hydrogens is 282 g/mol. The summed E-state index contributed by atoms with van der Waals surface area (Å²) in [5.41, 5.74) is 3.38. The molecule has 0 atom stereocenters. The van der Waals surface area contributed by atoms with Gasteiger partial charge in [0.2, 0.25) is 0 Å². The van der Waals surface area contributed by atoms with E-state index in [4.69, 9.17) is 0 Å². The Morgan fingerprint density at radius 3 is 2.67 bits per heavy atom. The van der Waals surface area contributed by atoms with Gasteiger partial charge >= 0.3 is 11.8 Å². The summed E-state index contributed by atoms with van der Waals surface area (Å²) in [6, 6.07) is 3.00. The molecule has 21 heavy (non-hydrogen) atoms. The van der Waals surface area contributed by atoms with Crippen molar-refractivity contribution in [2.75, 3.05) is 7.05 Å². The second-order valence-electron chi connectivity index (χ2n) is 4.42. The zero-order valence-electron chi connectivity index (χ0n) is 11.7. The maximum absolute atomic E-state index is 13.3. The van der Waals surface area contributed by atoms with Crippen LogP contribution in [0.3, 0.4) is 0 Å². The summed E-state index contributed by atoms with van der Waals surface area (Å²) in [5, 5.41) is 11.7. The minimum atomic E-state index is -3.55. The third-order valence-corrected chi connectivity index (χ3v) is 2.61. The van der Waals surface area contributed by atoms with Crippen molar-refractivity contribution in [3.8, 4) is 11.3 Å². The molecule has 0 radical (unpaired) electrons. The number of aryl methyl sites for hydroxylation is 1. The van der Waals surface area contributed by atoms with Crippen LogP contribution in [0.5, 0.6) is 0 Å². The maximum atomic E-state index is 13.3. The van der Waals surface area contributed by atoms with E-state index in [0.717, 1.165) is 0 Å². The Bertz CT molecular complexity index is 728. The lowest BCUT2D eigenvalue weighted by Gasteiger charge is -2.11. The van der Waals surface area contributed by atoms with Crippen LogP contribution >= 0.6 is 0 Å². The fraction of sp³-hybridized carbons (Fsp3) is 0.333. The van der Waals surface area contributed by atoms with Gasteiger partial charge in [-0.15, -0.1) is 0 Å². The Morgan fingerprint density at radius 2 is 2.14 bits per heavy atom. The molecule has 0 unspecified atom stereocenters. The largest absolute Gasteiger partial charge is 0.324 e. The third kappa shape index (κ3) is 3.12. The number of aromatic nitrogens is 4. The van der Waals surface area contributed by atoms with Crippen LogP contribution in [-0.4, -0.2) is 38.4 Å². The number of carbonyl (C=O) groups is 1. The van der Waals surface area contributed by atoms with E-state index in [-0.39, 0.29) is 5.49 Å². The first kappa shape index (κ1) is 14.8. The lowest BCUT2D eigenvalue weighted by Crippen LogP contribution is -2.40. The highest BCUT2D eigenvalue weighted by Gasteiger charge is 2.35. The average Bonchev–Trinajstić information content (AvgIpc) is 2.84. The van der Waals surface area contributed by atoms with E-state index in [1.807, 2.05) is 0 Å². The number of nitrogens with one attached hydrogen (secondary N) is 1. The second kappa shape index (κ2) is 5.43. The van der Waals surface area contributed by atoms with Crippen molar-refractivity contribution >= 4 is 5.91 Å². The molecule has 2 heterocycles. The van der Waals surface area contributed by atoms with Crippen LogP contribution < -0.4 is 10.9 Å². The number of alkyl halides is 2. The quantitative estimate of drug-likeness (QED) is 0.842. The van der Waals surface area contributed by atoms with Crippen LogP contribution in [0.2, 0.25) is 0 Å². The van der Waals surface area contributed by atoms with Crippen LogP contribution in [0.25, 0.3) is 11.3 Å². The minimum Gasteiger partial charge on any atom is -0.311 e. The smallest absolute Gasteiger partial charge is 0.311 e. The summed E-state index contributed by atoms with van der Waals surface area (Å²) in [6.45, 7) is 0.518. The fourth-order valence-corrected chi connectivity index (χ4v) is 1.66. The van der Waals surface area contributed by atoms with Crippen LogP contribution in [0, 0.1) is 0 Å². The summed E-state index contributed by atoms with van der Waals surface area (Å²) in [7, 11) is 3.21. The molecule has 0 amide bonds. The van der Waals surface area contributed by atoms with E-state index < -0.39 is 11.8 Å². The van der Waals surface area contributed by atoms with Crippen LogP contribution in [0.15, 0.2) is 29.6 Å². The van der Waals surface area contributed by atoms with Gasteiger partial charge < -0.3 is 5.43 Å². The molecule has 0 saturated heterocycles. The molecular formula is C12H14F2N6O. The number of carbonyl (C=O) groups excluding carboxylic acids is 1. The van der Waals surface area contributed by atoms with Gasteiger partial charge in [0.25, 0.3) is 0 Å². The van der Waals surface area contributed by atoms with Gasteiger partial charge in [0.05, 0.1) is 11.9 Å². The van der Waals surface area contributed by atoms with Gasteiger partial charge in [-0.1, -0.05) is 0 Å². The number of hydrogen-bond acceptors (Lipinski definition) is 5. The molecule has 0 saturated carbocycles. The molecule has 7 nitrogen and oxygen atoms in total. The van der Waals surface area contributed by atoms with Crippen molar-refractivity contribution in [3.63, 3.8) is 0 Å². The standard InChI is InChI=1S/C12H14F2N6O/c1-12(13,14)11(21)20-10(17-15-2)5-4-9(18-20)8-6-16-19(3)7-8/h4-7,15H,1-3H3/b17-10-. The van der Waals surface area contributed by atoms with Crippen LogP contribution in [-0.2, 0) is 7.05 Å². The Kier molecular flexibility index (Phi) is 3.83. The SMILES string of the molecule is CN/N=c1/ccc(-c2cnn(C)c2)nn1C(=O)C(C)(F)F. The molecule has 0 aromatic carbocycles. The molecule has 2 aromatic rings. The Labute approximate surface area is 118 Å². The molecule has 1 N–H and O–H groups in total. The van der Waals surface area contributed by atoms with Crippen molar-refractivity contribution in [3.05, 3.63) is 30.0 Å². The predicted octanol–water partition coefficient (Wildman–Crippen LogP) is 0.614. The molecule has 0 fully saturated rings. The molecule has 0 aliphatic heterocycles. The molecule has 0 aliphatic carbocycles. The Balaban J connectivity index is 2.60. The van der Waals surface area contributed by atoms with Crippen LogP contribution in [0.4, 0.5) is 8.78 Å². The molecule has 0 spiro atoms. The zero-order chi connectivity index (χ0) is 15.6. The van der Waals surface area contributed by atoms with Crippen molar-refractivity contribution in [1.29, 1.82) is 0 Å². The molecule has 0 bridgehead atoms. The topological polar surface area (TPSA) is 77.1 Å². The summed E-state index contributed by atoms with van der Waals surface area (Å²) in [4.78, 5) is 11.8. The third-order valence-electron chi connectivity index (χ3n) is 2.61. The highest BCUT2D eigenvalue weighted by atomic mass is 19.3. The number of halogens is 2. The first-order valence-corrected chi connectivity index (χ1v) is 6.05. The second-order valence-corrected chi connectivity index (χ2v) is 4.42. The van der Waals surface area contributed by atoms with Gasteiger partial charge in [-0.05, 0) is 12.1 Å². The minimum absolute atomic E-state index is 0.0170. The van der Waals surface area contributed by atoms with Gasteiger partial charge in [-0.3, -0.25) is 9.48 Å². The molecule has 2 rings (SSSR count). The summed E-state index contributed by atoms with van der Waals surface area (Å²) in [5.74, 6) is -5.01. The van der Waals surface area contributed by atoms with Crippen LogP contribution in [0.1, 0.15) is 11.7 Å². The van der Waals surface area contributed by atoms with E-state index >= 15 is 0 Å². The normalized spacial score (nSPS) is 12.5. The van der Waals surface area contributed by atoms with E-state index in [1.165, 1.54) is 19.3 Å². The molecule has 0 aliphatic rings. The van der Waals surface area contributed by atoms with Crippen molar-refractivity contribution < 1.29 is 13.6 Å². The monoisotopic (exact) mass is 296 g/mol. The zero-order valence-corrected chi connectivity index (χ0v) is 11.7. The van der Waals surface area contributed by atoms with Gasteiger partial charge in [-0.2, -0.15) is 28.8 Å². The van der Waals surface area contributed by atoms with E-state index in [1.54, 1.807) is 24.0 Å². The van der Waals surface area contributed by atoms with Crippen molar-refractivity contribution in [2.45, 2.75) is 12.8 Å². The summed E-state index contributed by atoms with van der Waals surface area (Å²) < 4.78 is 28.7. The van der Waals surface area contributed by atoms with Crippen molar-refractivity contribution in [1.82, 2.24) is 25.0 Å². The van der Waals surface area contributed by atoms with E-state index in [0.29, 0.717) is 22.9 Å².